The number of Topliss-reactive ketones (excluding diaryl/α,β-unsaturated/α-hetero) is 1. The molecule has 1 aromatic rings. The minimum absolute atomic E-state index is 0.0765. The van der Waals surface area contributed by atoms with Crippen LogP contribution < -0.4 is 10.5 Å². The second-order valence-corrected chi connectivity index (χ2v) is 4.62. The van der Waals surface area contributed by atoms with Crippen LogP contribution in [-0.4, -0.2) is 18.4 Å². The monoisotopic (exact) mass is 235 g/mol. The molecule has 3 heteroatoms. The summed E-state index contributed by atoms with van der Waals surface area (Å²) in [7, 11) is 1.62. The van der Waals surface area contributed by atoms with Gasteiger partial charge in [0.05, 0.1) is 12.6 Å². The zero-order valence-electron chi connectivity index (χ0n) is 10.8. The first kappa shape index (κ1) is 13.7. The Balaban J connectivity index is 2.73. The lowest BCUT2D eigenvalue weighted by Gasteiger charge is -2.22. The lowest BCUT2D eigenvalue weighted by atomic mass is 9.88. The largest absolute Gasteiger partial charge is 0.497 e. The third-order valence-corrected chi connectivity index (χ3v) is 2.91. The number of rotatable bonds is 6. The lowest BCUT2D eigenvalue weighted by Crippen LogP contribution is -2.45. The van der Waals surface area contributed by atoms with Crippen LogP contribution in [0.1, 0.15) is 32.3 Å². The Kier molecular flexibility index (Phi) is 4.70. The fourth-order valence-electron chi connectivity index (χ4n) is 1.83. The van der Waals surface area contributed by atoms with Crippen molar-refractivity contribution >= 4 is 5.78 Å². The molecule has 2 N–H and O–H groups in total. The summed E-state index contributed by atoms with van der Waals surface area (Å²) in [4.78, 5) is 12.1. The standard InChI is InChI=1S/C14H21NO2/c1-4-8-14(2,15)13(16)10-11-6-5-7-12(9-11)17-3/h5-7,9H,4,8,10,15H2,1-3H3. The maximum absolute atomic E-state index is 12.1. The maximum Gasteiger partial charge on any atom is 0.156 e. The molecule has 0 saturated heterocycles. The van der Waals surface area contributed by atoms with Gasteiger partial charge in [-0.25, -0.2) is 0 Å². The van der Waals surface area contributed by atoms with Gasteiger partial charge in [-0.05, 0) is 31.0 Å². The SMILES string of the molecule is CCCC(C)(N)C(=O)Cc1cccc(OC)c1. The van der Waals surface area contributed by atoms with E-state index in [-0.39, 0.29) is 5.78 Å². The summed E-state index contributed by atoms with van der Waals surface area (Å²) in [5, 5.41) is 0. The van der Waals surface area contributed by atoms with Gasteiger partial charge in [0.15, 0.2) is 5.78 Å². The highest BCUT2D eigenvalue weighted by Crippen LogP contribution is 2.17. The molecule has 0 saturated carbocycles. The molecular formula is C14H21NO2. The number of ether oxygens (including phenoxy) is 1. The molecule has 0 aromatic heterocycles. The van der Waals surface area contributed by atoms with E-state index in [1.54, 1.807) is 14.0 Å². The number of methoxy groups -OCH3 is 1. The molecule has 1 atom stereocenters. The molecule has 0 fully saturated rings. The van der Waals surface area contributed by atoms with Crippen LogP contribution in [0, 0.1) is 0 Å². The zero-order chi connectivity index (χ0) is 12.9. The van der Waals surface area contributed by atoms with Crippen LogP contribution in [0.2, 0.25) is 0 Å². The summed E-state index contributed by atoms with van der Waals surface area (Å²) in [6, 6.07) is 7.54. The van der Waals surface area contributed by atoms with Gasteiger partial charge in [-0.15, -0.1) is 0 Å². The minimum Gasteiger partial charge on any atom is -0.497 e. The Hall–Kier alpha value is -1.35. The fraction of sp³-hybridized carbons (Fsp3) is 0.500. The zero-order valence-corrected chi connectivity index (χ0v) is 10.8. The van der Waals surface area contributed by atoms with Crippen molar-refractivity contribution in [1.29, 1.82) is 0 Å². The Morgan fingerprint density at radius 2 is 2.18 bits per heavy atom. The van der Waals surface area contributed by atoms with Crippen molar-refractivity contribution in [2.75, 3.05) is 7.11 Å². The van der Waals surface area contributed by atoms with Crippen LogP contribution in [0.3, 0.4) is 0 Å². The van der Waals surface area contributed by atoms with Crippen LogP contribution in [0.5, 0.6) is 5.75 Å². The first-order chi connectivity index (χ1) is 7.99. The van der Waals surface area contributed by atoms with Crippen molar-refractivity contribution in [2.24, 2.45) is 5.73 Å². The van der Waals surface area contributed by atoms with E-state index in [4.69, 9.17) is 10.5 Å². The normalized spacial score (nSPS) is 14.1. The second-order valence-electron chi connectivity index (χ2n) is 4.62. The molecule has 0 spiro atoms. The average molecular weight is 235 g/mol. The molecule has 0 bridgehead atoms. The predicted molar refractivity (Wildman–Crippen MR) is 69.2 cm³/mol. The number of nitrogens with two attached hydrogens (primary N) is 1. The van der Waals surface area contributed by atoms with Crippen molar-refractivity contribution in [1.82, 2.24) is 0 Å². The fourth-order valence-corrected chi connectivity index (χ4v) is 1.83. The number of hydrogen-bond acceptors (Lipinski definition) is 3. The van der Waals surface area contributed by atoms with E-state index in [0.717, 1.165) is 24.2 Å². The molecule has 0 aliphatic rings. The van der Waals surface area contributed by atoms with Gasteiger partial charge in [0.1, 0.15) is 5.75 Å². The smallest absolute Gasteiger partial charge is 0.156 e. The van der Waals surface area contributed by atoms with E-state index >= 15 is 0 Å². The number of ketones is 1. The number of carbonyl (C=O) groups excluding carboxylic acids is 1. The van der Waals surface area contributed by atoms with Gasteiger partial charge in [-0.3, -0.25) is 4.79 Å². The van der Waals surface area contributed by atoms with Crippen molar-refractivity contribution in [3.8, 4) is 5.75 Å². The number of hydrogen-bond donors (Lipinski definition) is 1. The van der Waals surface area contributed by atoms with Gasteiger partial charge in [0.25, 0.3) is 0 Å². The Bertz CT molecular complexity index is 386. The molecule has 94 valence electrons. The lowest BCUT2D eigenvalue weighted by molar-refractivity contribution is -0.123. The summed E-state index contributed by atoms with van der Waals surface area (Å²) in [5.41, 5.74) is 6.23. The van der Waals surface area contributed by atoms with Gasteiger partial charge in [-0.1, -0.05) is 25.5 Å². The Morgan fingerprint density at radius 3 is 2.76 bits per heavy atom. The van der Waals surface area contributed by atoms with Crippen LogP contribution in [0.15, 0.2) is 24.3 Å². The maximum atomic E-state index is 12.1. The number of benzene rings is 1. The van der Waals surface area contributed by atoms with Crippen LogP contribution >= 0.6 is 0 Å². The summed E-state index contributed by atoms with van der Waals surface area (Å²) in [5.74, 6) is 0.845. The summed E-state index contributed by atoms with van der Waals surface area (Å²) in [6.07, 6.45) is 2.00. The molecule has 17 heavy (non-hydrogen) atoms. The molecule has 1 aromatic carbocycles. The molecule has 0 radical (unpaired) electrons. The highest BCUT2D eigenvalue weighted by molar-refractivity contribution is 5.89. The van der Waals surface area contributed by atoms with E-state index in [1.165, 1.54) is 0 Å². The highest BCUT2D eigenvalue weighted by atomic mass is 16.5. The Labute approximate surface area is 103 Å². The number of carbonyl (C=O) groups is 1. The first-order valence-electron chi connectivity index (χ1n) is 5.94. The highest BCUT2D eigenvalue weighted by Gasteiger charge is 2.26. The molecule has 1 unspecified atom stereocenters. The average Bonchev–Trinajstić information content (AvgIpc) is 2.29. The van der Waals surface area contributed by atoms with Crippen LogP contribution in [0.4, 0.5) is 0 Å². The third kappa shape index (κ3) is 3.86. The van der Waals surface area contributed by atoms with Crippen molar-refractivity contribution in [3.63, 3.8) is 0 Å². The van der Waals surface area contributed by atoms with E-state index in [1.807, 2.05) is 31.2 Å². The molecule has 1 rings (SSSR count). The summed E-state index contributed by atoms with van der Waals surface area (Å²) >= 11 is 0. The van der Waals surface area contributed by atoms with Gasteiger partial charge in [0, 0.05) is 6.42 Å². The third-order valence-electron chi connectivity index (χ3n) is 2.91. The van der Waals surface area contributed by atoms with Gasteiger partial charge in [0.2, 0.25) is 0 Å². The van der Waals surface area contributed by atoms with E-state index in [2.05, 4.69) is 0 Å². The topological polar surface area (TPSA) is 52.3 Å². The van der Waals surface area contributed by atoms with Gasteiger partial charge >= 0.3 is 0 Å². The molecule has 0 heterocycles. The summed E-state index contributed by atoms with van der Waals surface area (Å²) in [6.45, 7) is 3.84. The molecular weight excluding hydrogens is 214 g/mol. The van der Waals surface area contributed by atoms with Gasteiger partial charge in [-0.2, -0.15) is 0 Å². The van der Waals surface area contributed by atoms with E-state index in [0.29, 0.717) is 6.42 Å². The summed E-state index contributed by atoms with van der Waals surface area (Å²) < 4.78 is 5.13. The minimum atomic E-state index is -0.724. The second kappa shape index (κ2) is 5.82. The first-order valence-corrected chi connectivity index (χ1v) is 5.94. The van der Waals surface area contributed by atoms with E-state index < -0.39 is 5.54 Å². The van der Waals surface area contributed by atoms with Crippen molar-refractivity contribution < 1.29 is 9.53 Å². The quantitative estimate of drug-likeness (QED) is 0.823. The molecule has 0 aliphatic carbocycles. The predicted octanol–water partition coefficient (Wildman–Crippen LogP) is 2.32. The van der Waals surface area contributed by atoms with Gasteiger partial charge < -0.3 is 10.5 Å². The molecule has 0 aliphatic heterocycles. The van der Waals surface area contributed by atoms with Crippen LogP contribution in [-0.2, 0) is 11.2 Å². The molecule has 3 nitrogen and oxygen atoms in total. The van der Waals surface area contributed by atoms with E-state index in [9.17, 15) is 4.79 Å². The molecule has 0 amide bonds. The Morgan fingerprint density at radius 1 is 1.47 bits per heavy atom. The van der Waals surface area contributed by atoms with Crippen molar-refractivity contribution in [3.05, 3.63) is 29.8 Å². The van der Waals surface area contributed by atoms with Crippen LogP contribution in [0.25, 0.3) is 0 Å². The van der Waals surface area contributed by atoms with Crippen molar-refractivity contribution in [2.45, 2.75) is 38.6 Å².